The summed E-state index contributed by atoms with van der Waals surface area (Å²) in [5, 5.41) is 2.43. The quantitative estimate of drug-likeness (QED) is 0.828. The molecule has 0 bridgehead atoms. The Morgan fingerprint density at radius 3 is 2.71 bits per heavy atom. The first-order valence-electron chi connectivity index (χ1n) is 4.54. The van der Waals surface area contributed by atoms with Crippen LogP contribution in [0.2, 0.25) is 0 Å². The van der Waals surface area contributed by atoms with Crippen LogP contribution in [0.25, 0.3) is 0 Å². The standard InChI is InChI=1S/C6H5BrN2O.C4H8/c7-5-1-2-8-6(3-5)9-4-10;1-4-2-3-4/h1-4H,(H,8,9,10);4H,2-3H2,1H3. The van der Waals surface area contributed by atoms with Crippen molar-refractivity contribution >= 4 is 28.2 Å². The number of carbonyl (C=O) groups is 1. The maximum Gasteiger partial charge on any atom is 0.212 e. The SMILES string of the molecule is CC1CC1.O=CNc1cc(Br)ccn1. The third-order valence-corrected chi connectivity index (χ3v) is 2.29. The van der Waals surface area contributed by atoms with Gasteiger partial charge in [0.1, 0.15) is 5.82 Å². The van der Waals surface area contributed by atoms with E-state index in [2.05, 4.69) is 33.2 Å². The zero-order chi connectivity index (χ0) is 10.4. The zero-order valence-corrected chi connectivity index (χ0v) is 9.62. The lowest BCUT2D eigenvalue weighted by Gasteiger charge is -1.95. The fourth-order valence-electron chi connectivity index (χ4n) is 0.711. The molecule has 4 heteroatoms. The van der Waals surface area contributed by atoms with Crippen molar-refractivity contribution in [2.24, 2.45) is 5.92 Å². The first-order chi connectivity index (χ1) is 6.72. The van der Waals surface area contributed by atoms with E-state index in [-0.39, 0.29) is 0 Å². The molecule has 0 atom stereocenters. The summed E-state index contributed by atoms with van der Waals surface area (Å²) in [5.74, 6) is 1.63. The Bertz CT molecular complexity index is 300. The van der Waals surface area contributed by atoms with Crippen molar-refractivity contribution in [2.75, 3.05) is 5.32 Å². The third-order valence-electron chi connectivity index (χ3n) is 1.79. The number of aromatic nitrogens is 1. The van der Waals surface area contributed by atoms with Gasteiger partial charge in [-0.15, -0.1) is 0 Å². The van der Waals surface area contributed by atoms with Crippen molar-refractivity contribution < 1.29 is 4.79 Å². The highest BCUT2D eigenvalue weighted by Crippen LogP contribution is 2.26. The number of carbonyl (C=O) groups excluding carboxylic acids is 1. The number of pyridine rings is 1. The molecular formula is C10H13BrN2O. The fourth-order valence-corrected chi connectivity index (χ4v) is 1.05. The molecule has 1 aliphatic carbocycles. The van der Waals surface area contributed by atoms with Gasteiger partial charge in [0.05, 0.1) is 0 Å². The number of halogens is 1. The van der Waals surface area contributed by atoms with Crippen LogP contribution in [-0.4, -0.2) is 11.4 Å². The summed E-state index contributed by atoms with van der Waals surface area (Å²) in [7, 11) is 0. The molecule has 3 nitrogen and oxygen atoms in total. The Morgan fingerprint density at radius 2 is 2.29 bits per heavy atom. The maximum atomic E-state index is 9.92. The minimum absolute atomic E-state index is 0.546. The van der Waals surface area contributed by atoms with Gasteiger partial charge in [0.2, 0.25) is 6.41 Å². The molecule has 1 aliphatic rings. The summed E-state index contributed by atoms with van der Waals surface area (Å²) in [4.78, 5) is 13.8. The third kappa shape index (κ3) is 4.97. The minimum Gasteiger partial charge on any atom is -0.313 e. The van der Waals surface area contributed by atoms with Gasteiger partial charge in [-0.3, -0.25) is 4.79 Å². The van der Waals surface area contributed by atoms with E-state index in [1.54, 1.807) is 18.3 Å². The van der Waals surface area contributed by atoms with Gasteiger partial charge in [0, 0.05) is 10.7 Å². The lowest BCUT2D eigenvalue weighted by molar-refractivity contribution is -0.105. The van der Waals surface area contributed by atoms with Crippen molar-refractivity contribution in [1.29, 1.82) is 0 Å². The Balaban J connectivity index is 0.000000203. The van der Waals surface area contributed by atoms with E-state index in [4.69, 9.17) is 0 Å². The van der Waals surface area contributed by atoms with E-state index in [1.165, 1.54) is 12.8 Å². The Morgan fingerprint density at radius 1 is 1.64 bits per heavy atom. The summed E-state index contributed by atoms with van der Waals surface area (Å²) >= 11 is 3.24. The van der Waals surface area contributed by atoms with E-state index < -0.39 is 0 Å². The average molecular weight is 257 g/mol. The van der Waals surface area contributed by atoms with E-state index >= 15 is 0 Å². The average Bonchev–Trinajstić information content (AvgIpc) is 2.89. The second kappa shape index (κ2) is 5.75. The van der Waals surface area contributed by atoms with Gasteiger partial charge in [-0.1, -0.05) is 35.7 Å². The molecule has 1 amide bonds. The first kappa shape index (κ1) is 11.2. The molecule has 0 aromatic carbocycles. The molecule has 1 heterocycles. The molecule has 2 rings (SSSR count). The number of nitrogens with one attached hydrogen (secondary N) is 1. The van der Waals surface area contributed by atoms with Crippen LogP contribution in [0.15, 0.2) is 22.8 Å². The van der Waals surface area contributed by atoms with Gasteiger partial charge >= 0.3 is 0 Å². The number of anilines is 1. The highest BCUT2D eigenvalue weighted by Gasteiger charge is 2.12. The van der Waals surface area contributed by atoms with Gasteiger partial charge in [0.15, 0.2) is 0 Å². The lowest BCUT2D eigenvalue weighted by Crippen LogP contribution is -1.95. The van der Waals surface area contributed by atoms with Crippen LogP contribution < -0.4 is 5.32 Å². The Labute approximate surface area is 92.1 Å². The fraction of sp³-hybridized carbons (Fsp3) is 0.400. The van der Waals surface area contributed by atoms with E-state index in [0.717, 1.165) is 10.4 Å². The van der Waals surface area contributed by atoms with Crippen molar-refractivity contribution in [1.82, 2.24) is 4.98 Å². The smallest absolute Gasteiger partial charge is 0.212 e. The van der Waals surface area contributed by atoms with Crippen molar-refractivity contribution in [2.45, 2.75) is 19.8 Å². The molecule has 0 unspecified atom stereocenters. The minimum atomic E-state index is 0.546. The second-order valence-electron chi connectivity index (χ2n) is 3.30. The summed E-state index contributed by atoms with van der Waals surface area (Å²) in [6.45, 7) is 2.28. The van der Waals surface area contributed by atoms with Crippen LogP contribution in [0, 0.1) is 5.92 Å². The number of hydrogen-bond donors (Lipinski definition) is 1. The largest absolute Gasteiger partial charge is 0.313 e. The lowest BCUT2D eigenvalue weighted by atomic mass is 10.5. The van der Waals surface area contributed by atoms with Gasteiger partial charge in [-0.05, 0) is 18.1 Å². The summed E-state index contributed by atoms with van der Waals surface area (Å²) < 4.78 is 0.895. The number of amides is 1. The molecular weight excluding hydrogens is 244 g/mol. The van der Waals surface area contributed by atoms with Gasteiger partial charge in [-0.25, -0.2) is 4.98 Å². The molecule has 0 aliphatic heterocycles. The Kier molecular flexibility index (Phi) is 4.59. The first-order valence-corrected chi connectivity index (χ1v) is 5.33. The summed E-state index contributed by atoms with van der Waals surface area (Å²) in [6.07, 6.45) is 5.17. The molecule has 1 saturated carbocycles. The molecule has 1 aromatic heterocycles. The van der Waals surface area contributed by atoms with Crippen LogP contribution in [-0.2, 0) is 4.79 Å². The molecule has 14 heavy (non-hydrogen) atoms. The zero-order valence-electron chi connectivity index (χ0n) is 8.03. The Hall–Kier alpha value is -0.900. The van der Waals surface area contributed by atoms with Crippen LogP contribution in [0.3, 0.4) is 0 Å². The number of rotatable bonds is 2. The van der Waals surface area contributed by atoms with Crippen molar-refractivity contribution in [3.05, 3.63) is 22.8 Å². The van der Waals surface area contributed by atoms with Gasteiger partial charge < -0.3 is 5.32 Å². The molecule has 1 aromatic rings. The number of nitrogens with zero attached hydrogens (tertiary/aromatic N) is 1. The molecule has 1 N–H and O–H groups in total. The molecule has 1 fully saturated rings. The van der Waals surface area contributed by atoms with Gasteiger partial charge in [-0.2, -0.15) is 0 Å². The van der Waals surface area contributed by atoms with E-state index in [9.17, 15) is 4.79 Å². The second-order valence-corrected chi connectivity index (χ2v) is 4.22. The van der Waals surface area contributed by atoms with Gasteiger partial charge in [0.25, 0.3) is 0 Å². The van der Waals surface area contributed by atoms with Crippen LogP contribution in [0.5, 0.6) is 0 Å². The van der Waals surface area contributed by atoms with Crippen LogP contribution in [0.4, 0.5) is 5.82 Å². The normalized spacial score (nSPS) is 13.9. The maximum absolute atomic E-state index is 9.92. The number of hydrogen-bond acceptors (Lipinski definition) is 2. The summed E-state index contributed by atoms with van der Waals surface area (Å²) in [6, 6.07) is 3.50. The molecule has 0 saturated heterocycles. The van der Waals surface area contributed by atoms with E-state index in [0.29, 0.717) is 12.2 Å². The summed E-state index contributed by atoms with van der Waals surface area (Å²) in [5.41, 5.74) is 0. The monoisotopic (exact) mass is 256 g/mol. The molecule has 0 radical (unpaired) electrons. The van der Waals surface area contributed by atoms with Crippen molar-refractivity contribution in [3.63, 3.8) is 0 Å². The van der Waals surface area contributed by atoms with Crippen LogP contribution >= 0.6 is 15.9 Å². The molecule has 0 spiro atoms. The predicted molar refractivity (Wildman–Crippen MR) is 60.0 cm³/mol. The highest BCUT2D eigenvalue weighted by molar-refractivity contribution is 9.10. The van der Waals surface area contributed by atoms with Crippen LogP contribution in [0.1, 0.15) is 19.8 Å². The molecule has 76 valence electrons. The van der Waals surface area contributed by atoms with Crippen molar-refractivity contribution in [3.8, 4) is 0 Å². The topological polar surface area (TPSA) is 42.0 Å². The highest BCUT2D eigenvalue weighted by atomic mass is 79.9. The van der Waals surface area contributed by atoms with E-state index in [1.807, 2.05) is 0 Å². The predicted octanol–water partition coefficient (Wildman–Crippen LogP) is 2.83.